The summed E-state index contributed by atoms with van der Waals surface area (Å²) in [4.78, 5) is 11.2. The molecule has 23 heavy (non-hydrogen) atoms. The smallest absolute Gasteiger partial charge is 0.335 e. The molecular formula is C19H16ClNO2. The summed E-state index contributed by atoms with van der Waals surface area (Å²) in [5, 5.41) is 13.6. The van der Waals surface area contributed by atoms with Crippen molar-refractivity contribution in [1.82, 2.24) is 0 Å². The van der Waals surface area contributed by atoms with E-state index in [1.54, 1.807) is 12.1 Å². The predicted molar refractivity (Wildman–Crippen MR) is 91.2 cm³/mol. The maximum absolute atomic E-state index is 11.2. The van der Waals surface area contributed by atoms with Crippen LogP contribution in [0, 0.1) is 5.92 Å². The lowest BCUT2D eigenvalue weighted by Gasteiger charge is -2.37. The fraction of sp³-hybridized carbons (Fsp3) is 0.211. The largest absolute Gasteiger partial charge is 0.478 e. The molecule has 2 aromatic rings. The zero-order valence-corrected chi connectivity index (χ0v) is 13.1. The minimum absolute atomic E-state index is 0.204. The van der Waals surface area contributed by atoms with E-state index in [0.29, 0.717) is 11.5 Å². The zero-order valence-electron chi connectivity index (χ0n) is 12.4. The normalized spacial score (nSPS) is 24.7. The van der Waals surface area contributed by atoms with Crippen molar-refractivity contribution in [3.8, 4) is 0 Å². The number of nitrogens with one attached hydrogen (secondary N) is 1. The number of carboxylic acids is 1. The maximum Gasteiger partial charge on any atom is 0.335 e. The molecule has 1 heterocycles. The van der Waals surface area contributed by atoms with Crippen molar-refractivity contribution >= 4 is 23.3 Å². The van der Waals surface area contributed by atoms with E-state index >= 15 is 0 Å². The standard InChI is InChI=1S/C19H16ClNO2/c20-13-7-4-11(5-8-13)18-15-3-1-2-14(15)16-10-12(19(22)23)6-9-17(16)21-18/h1-2,4-10,14-15,18,21H,3H2,(H,22,23)/t14-,15-,18+/m1/s1. The van der Waals surface area contributed by atoms with E-state index in [2.05, 4.69) is 29.6 Å². The number of allylic oxidation sites excluding steroid dienone is 2. The van der Waals surface area contributed by atoms with Gasteiger partial charge in [-0.15, -0.1) is 0 Å². The van der Waals surface area contributed by atoms with Crippen LogP contribution in [0.1, 0.15) is 39.9 Å². The molecule has 4 heteroatoms. The molecule has 3 nitrogen and oxygen atoms in total. The summed E-state index contributed by atoms with van der Waals surface area (Å²) in [6, 6.07) is 13.5. The van der Waals surface area contributed by atoms with Gasteiger partial charge in [0, 0.05) is 16.6 Å². The lowest BCUT2D eigenvalue weighted by Crippen LogP contribution is -2.29. The van der Waals surface area contributed by atoms with Gasteiger partial charge in [-0.2, -0.15) is 0 Å². The minimum Gasteiger partial charge on any atom is -0.478 e. The van der Waals surface area contributed by atoms with Crippen molar-refractivity contribution in [2.45, 2.75) is 18.4 Å². The van der Waals surface area contributed by atoms with Crippen molar-refractivity contribution in [3.05, 3.63) is 76.3 Å². The second kappa shape index (κ2) is 5.43. The molecule has 0 spiro atoms. The Labute approximate surface area is 139 Å². The molecule has 3 atom stereocenters. The van der Waals surface area contributed by atoms with Crippen LogP contribution in [-0.2, 0) is 0 Å². The van der Waals surface area contributed by atoms with Crippen LogP contribution in [0.25, 0.3) is 0 Å². The first-order chi connectivity index (χ1) is 11.1. The number of anilines is 1. The zero-order chi connectivity index (χ0) is 16.0. The van der Waals surface area contributed by atoms with Gasteiger partial charge in [-0.25, -0.2) is 4.79 Å². The Morgan fingerprint density at radius 3 is 2.70 bits per heavy atom. The minimum atomic E-state index is -0.883. The van der Waals surface area contributed by atoms with Crippen LogP contribution in [0.4, 0.5) is 5.69 Å². The van der Waals surface area contributed by atoms with Gasteiger partial charge in [0.25, 0.3) is 0 Å². The number of benzene rings is 2. The molecule has 0 amide bonds. The van der Waals surface area contributed by atoms with E-state index in [-0.39, 0.29) is 12.0 Å². The number of fused-ring (bicyclic) bond motifs is 3. The second-order valence-corrected chi connectivity index (χ2v) is 6.57. The van der Waals surface area contributed by atoms with Crippen LogP contribution in [0.3, 0.4) is 0 Å². The van der Waals surface area contributed by atoms with Crippen molar-refractivity contribution in [2.75, 3.05) is 5.32 Å². The van der Waals surface area contributed by atoms with Gasteiger partial charge in [0.2, 0.25) is 0 Å². The van der Waals surface area contributed by atoms with E-state index in [4.69, 9.17) is 11.6 Å². The molecule has 0 radical (unpaired) electrons. The van der Waals surface area contributed by atoms with Crippen LogP contribution in [0.2, 0.25) is 5.02 Å². The number of rotatable bonds is 2. The molecule has 0 fully saturated rings. The third kappa shape index (κ3) is 2.41. The lowest BCUT2D eigenvalue weighted by atomic mass is 9.76. The fourth-order valence-electron chi connectivity index (χ4n) is 3.73. The molecule has 0 bridgehead atoms. The maximum atomic E-state index is 11.2. The van der Waals surface area contributed by atoms with Crippen molar-refractivity contribution in [1.29, 1.82) is 0 Å². The van der Waals surface area contributed by atoms with E-state index in [1.807, 2.05) is 18.2 Å². The third-order valence-electron chi connectivity index (χ3n) is 4.84. The Morgan fingerprint density at radius 1 is 1.17 bits per heavy atom. The molecule has 1 aliphatic carbocycles. The van der Waals surface area contributed by atoms with Gasteiger partial charge >= 0.3 is 5.97 Å². The monoisotopic (exact) mass is 325 g/mol. The van der Waals surface area contributed by atoms with Gasteiger partial charge in [-0.05, 0) is 53.8 Å². The molecule has 1 aliphatic heterocycles. The fourth-order valence-corrected chi connectivity index (χ4v) is 3.85. The van der Waals surface area contributed by atoms with Crippen LogP contribution >= 0.6 is 11.6 Å². The molecular weight excluding hydrogens is 310 g/mol. The molecule has 4 rings (SSSR count). The molecule has 2 N–H and O–H groups in total. The van der Waals surface area contributed by atoms with Gasteiger partial charge in [0.1, 0.15) is 0 Å². The molecule has 2 aliphatic rings. The summed E-state index contributed by atoms with van der Waals surface area (Å²) in [6.07, 6.45) is 5.39. The van der Waals surface area contributed by atoms with E-state index in [0.717, 1.165) is 22.7 Å². The highest BCUT2D eigenvalue weighted by molar-refractivity contribution is 6.30. The SMILES string of the molecule is O=C(O)c1ccc2c(c1)[C@@H]1C=CC[C@H]1[C@H](c1ccc(Cl)cc1)N2. The molecule has 0 unspecified atom stereocenters. The number of carboxylic acid groups (broad SMARTS) is 1. The highest BCUT2D eigenvalue weighted by Crippen LogP contribution is 2.49. The summed E-state index contributed by atoms with van der Waals surface area (Å²) >= 11 is 6.00. The lowest BCUT2D eigenvalue weighted by molar-refractivity contribution is 0.0696. The summed E-state index contributed by atoms with van der Waals surface area (Å²) in [5.41, 5.74) is 3.65. The van der Waals surface area contributed by atoms with Gasteiger partial charge < -0.3 is 10.4 Å². The topological polar surface area (TPSA) is 49.3 Å². The first kappa shape index (κ1) is 14.3. The number of halogens is 1. The van der Waals surface area contributed by atoms with Gasteiger partial charge in [0.05, 0.1) is 11.6 Å². The second-order valence-electron chi connectivity index (χ2n) is 6.13. The van der Waals surface area contributed by atoms with Crippen LogP contribution in [0.15, 0.2) is 54.6 Å². The Morgan fingerprint density at radius 2 is 1.96 bits per heavy atom. The summed E-state index contributed by atoms with van der Waals surface area (Å²) in [7, 11) is 0. The Balaban J connectivity index is 1.77. The van der Waals surface area contributed by atoms with E-state index < -0.39 is 5.97 Å². The average Bonchev–Trinajstić information content (AvgIpc) is 3.04. The number of hydrogen-bond acceptors (Lipinski definition) is 2. The highest BCUT2D eigenvalue weighted by Gasteiger charge is 2.38. The average molecular weight is 326 g/mol. The quantitative estimate of drug-likeness (QED) is 0.775. The third-order valence-corrected chi connectivity index (χ3v) is 5.09. The van der Waals surface area contributed by atoms with Crippen LogP contribution < -0.4 is 5.32 Å². The Kier molecular flexibility index (Phi) is 3.38. The van der Waals surface area contributed by atoms with E-state index in [9.17, 15) is 9.90 Å². The van der Waals surface area contributed by atoms with Crippen molar-refractivity contribution in [2.24, 2.45) is 5.92 Å². The van der Waals surface area contributed by atoms with E-state index in [1.165, 1.54) is 5.56 Å². The van der Waals surface area contributed by atoms with Crippen molar-refractivity contribution in [3.63, 3.8) is 0 Å². The molecule has 116 valence electrons. The highest BCUT2D eigenvalue weighted by atomic mass is 35.5. The summed E-state index contributed by atoms with van der Waals surface area (Å²) in [5.74, 6) is -0.231. The number of aromatic carboxylic acids is 1. The van der Waals surface area contributed by atoms with Crippen LogP contribution in [0.5, 0.6) is 0 Å². The van der Waals surface area contributed by atoms with Crippen LogP contribution in [-0.4, -0.2) is 11.1 Å². The molecule has 0 aromatic heterocycles. The first-order valence-electron chi connectivity index (χ1n) is 7.69. The number of hydrogen-bond donors (Lipinski definition) is 2. The Bertz CT molecular complexity index is 798. The first-order valence-corrected chi connectivity index (χ1v) is 8.07. The van der Waals surface area contributed by atoms with Gasteiger partial charge in [-0.1, -0.05) is 35.9 Å². The number of carbonyl (C=O) groups is 1. The summed E-state index contributed by atoms with van der Waals surface area (Å²) < 4.78 is 0. The predicted octanol–water partition coefficient (Wildman–Crippen LogP) is 4.86. The Hall–Kier alpha value is -2.26. The van der Waals surface area contributed by atoms with Gasteiger partial charge in [0.15, 0.2) is 0 Å². The molecule has 0 saturated carbocycles. The summed E-state index contributed by atoms with van der Waals surface area (Å²) in [6.45, 7) is 0. The molecule has 2 aromatic carbocycles. The van der Waals surface area contributed by atoms with Gasteiger partial charge in [-0.3, -0.25) is 0 Å². The van der Waals surface area contributed by atoms with Crippen molar-refractivity contribution < 1.29 is 9.90 Å². The molecule has 0 saturated heterocycles.